The average Bonchev–Trinajstić information content (AvgIpc) is 3.14. The van der Waals surface area contributed by atoms with Gasteiger partial charge in [0.2, 0.25) is 5.82 Å². The number of hydrogen-bond donors (Lipinski definition) is 2. The van der Waals surface area contributed by atoms with Crippen molar-refractivity contribution in [2.24, 2.45) is 0 Å². The molecule has 1 aliphatic rings. The smallest absolute Gasteiger partial charge is 0.335 e. The number of halogens is 3. The zero-order valence-corrected chi connectivity index (χ0v) is 19.0. The maximum absolute atomic E-state index is 14.7. The summed E-state index contributed by atoms with van der Waals surface area (Å²) in [5.74, 6) is -4.96. The van der Waals surface area contributed by atoms with E-state index in [-0.39, 0.29) is 16.5 Å². The molecular weight excluding hydrogens is 459 g/mol. The molecule has 2 N–H and O–H groups in total. The second kappa shape index (κ2) is 8.16. The molecule has 0 atom stereocenters. The van der Waals surface area contributed by atoms with Crippen LogP contribution >= 0.6 is 0 Å². The van der Waals surface area contributed by atoms with Crippen LogP contribution in [0.3, 0.4) is 0 Å². The van der Waals surface area contributed by atoms with Gasteiger partial charge < -0.3 is 19.5 Å². The Morgan fingerprint density at radius 2 is 1.74 bits per heavy atom. The number of phenols is 1. The largest absolute Gasteiger partial charge is 0.504 e. The van der Waals surface area contributed by atoms with E-state index in [9.17, 15) is 28.2 Å². The summed E-state index contributed by atoms with van der Waals surface area (Å²) in [7, 11) is 0. The van der Waals surface area contributed by atoms with Crippen molar-refractivity contribution in [3.63, 3.8) is 0 Å². The standard InChI is InChI=1S/C27H22F3NO4/c1-3-27(12-35-13-27)25-21(15-4-6-16(7-5-15)26(33)34)22-20(11-19(29)23(30)24(22)32)31(25)17-8-9-18(28)14(2)10-17/h4-11,32H,3,12-13H2,1-2H3,(H,33,34). The number of aromatic hydroxyl groups is 1. The van der Waals surface area contributed by atoms with Crippen molar-refractivity contribution in [2.45, 2.75) is 25.7 Å². The molecule has 8 heteroatoms. The van der Waals surface area contributed by atoms with Crippen LogP contribution in [0.15, 0.2) is 48.5 Å². The third-order valence-electron chi connectivity index (χ3n) is 6.88. The van der Waals surface area contributed by atoms with Crippen molar-refractivity contribution in [1.82, 2.24) is 4.57 Å². The van der Waals surface area contributed by atoms with E-state index in [1.54, 1.807) is 35.8 Å². The Labute approximate surface area is 199 Å². The lowest BCUT2D eigenvalue weighted by Gasteiger charge is -2.42. The topological polar surface area (TPSA) is 71.7 Å². The number of ether oxygens (including phenoxy) is 1. The number of carboxylic acid groups (broad SMARTS) is 1. The van der Waals surface area contributed by atoms with E-state index in [2.05, 4.69) is 0 Å². The lowest BCUT2D eigenvalue weighted by molar-refractivity contribution is -0.0644. The summed E-state index contributed by atoms with van der Waals surface area (Å²) in [5, 5.41) is 20.2. The predicted octanol–water partition coefficient (Wildman–Crippen LogP) is 6.11. The zero-order valence-electron chi connectivity index (χ0n) is 19.0. The van der Waals surface area contributed by atoms with E-state index in [1.807, 2.05) is 6.92 Å². The third-order valence-corrected chi connectivity index (χ3v) is 6.88. The average molecular weight is 481 g/mol. The summed E-state index contributed by atoms with van der Waals surface area (Å²) in [6, 6.07) is 11.5. The van der Waals surface area contributed by atoms with Crippen LogP contribution in [0.25, 0.3) is 27.7 Å². The summed E-state index contributed by atoms with van der Waals surface area (Å²) in [5.41, 5.74) is 2.21. The van der Waals surface area contributed by atoms with Gasteiger partial charge in [-0.3, -0.25) is 0 Å². The number of rotatable bonds is 5. The van der Waals surface area contributed by atoms with Crippen LogP contribution < -0.4 is 0 Å². The molecule has 5 rings (SSSR count). The van der Waals surface area contributed by atoms with Crippen molar-refractivity contribution in [2.75, 3.05) is 13.2 Å². The molecule has 0 bridgehead atoms. The number of carbonyl (C=O) groups is 1. The SMILES string of the molecule is CCC1(c2c(-c3ccc(C(=O)O)cc3)c3c(O)c(F)c(F)cc3n2-c2ccc(F)c(C)c2)COC1. The highest BCUT2D eigenvalue weighted by Crippen LogP contribution is 2.50. The fourth-order valence-electron chi connectivity index (χ4n) is 4.83. The van der Waals surface area contributed by atoms with Gasteiger partial charge in [0.1, 0.15) is 5.82 Å². The van der Waals surface area contributed by atoms with Crippen molar-refractivity contribution in [1.29, 1.82) is 0 Å². The van der Waals surface area contributed by atoms with Crippen LogP contribution in [0, 0.1) is 24.4 Å². The van der Waals surface area contributed by atoms with Gasteiger partial charge in [-0.25, -0.2) is 13.6 Å². The van der Waals surface area contributed by atoms with E-state index in [4.69, 9.17) is 4.74 Å². The van der Waals surface area contributed by atoms with E-state index in [0.29, 0.717) is 47.7 Å². The van der Waals surface area contributed by atoms with E-state index >= 15 is 0 Å². The summed E-state index contributed by atoms with van der Waals surface area (Å²) >= 11 is 0. The number of phenolic OH excluding ortho intramolecular Hbond substituents is 1. The van der Waals surface area contributed by atoms with Gasteiger partial charge in [0, 0.05) is 23.0 Å². The van der Waals surface area contributed by atoms with Crippen molar-refractivity contribution >= 4 is 16.9 Å². The number of aromatic nitrogens is 1. The Morgan fingerprint density at radius 3 is 2.29 bits per heavy atom. The van der Waals surface area contributed by atoms with Crippen LogP contribution in [-0.4, -0.2) is 34.0 Å². The van der Waals surface area contributed by atoms with Crippen LogP contribution in [0.2, 0.25) is 0 Å². The normalized spacial score (nSPS) is 14.8. The van der Waals surface area contributed by atoms with Crippen LogP contribution in [0.5, 0.6) is 5.75 Å². The molecule has 0 radical (unpaired) electrons. The molecular formula is C27H22F3NO4. The summed E-state index contributed by atoms with van der Waals surface area (Å²) in [6.07, 6.45) is 0.620. The number of fused-ring (bicyclic) bond motifs is 1. The van der Waals surface area contributed by atoms with Crippen molar-refractivity contribution < 1.29 is 32.9 Å². The van der Waals surface area contributed by atoms with E-state index in [0.717, 1.165) is 6.07 Å². The molecule has 2 heterocycles. The first-order valence-electron chi connectivity index (χ1n) is 11.1. The Kier molecular flexibility index (Phi) is 5.36. The second-order valence-electron chi connectivity index (χ2n) is 8.92. The summed E-state index contributed by atoms with van der Waals surface area (Å²) in [4.78, 5) is 11.4. The number of carboxylic acids is 1. The Bertz CT molecular complexity index is 1480. The van der Waals surface area contributed by atoms with Gasteiger partial charge in [-0.05, 0) is 54.8 Å². The van der Waals surface area contributed by atoms with Gasteiger partial charge in [0.05, 0.1) is 35.1 Å². The molecule has 0 amide bonds. The first kappa shape index (κ1) is 23.0. The highest BCUT2D eigenvalue weighted by Gasteiger charge is 2.45. The highest BCUT2D eigenvalue weighted by molar-refractivity contribution is 6.04. The number of hydrogen-bond acceptors (Lipinski definition) is 3. The molecule has 0 unspecified atom stereocenters. The third kappa shape index (κ3) is 3.39. The fourth-order valence-corrected chi connectivity index (χ4v) is 4.83. The number of nitrogens with zero attached hydrogens (tertiary/aromatic N) is 1. The van der Waals surface area contributed by atoms with Gasteiger partial charge in [-0.2, -0.15) is 4.39 Å². The maximum Gasteiger partial charge on any atom is 0.335 e. The molecule has 5 nitrogen and oxygen atoms in total. The number of benzene rings is 3. The molecule has 4 aromatic rings. The minimum Gasteiger partial charge on any atom is -0.504 e. The van der Waals surface area contributed by atoms with E-state index in [1.165, 1.54) is 18.2 Å². The van der Waals surface area contributed by atoms with Crippen molar-refractivity contribution in [3.8, 4) is 22.6 Å². The Morgan fingerprint density at radius 1 is 1.06 bits per heavy atom. The van der Waals surface area contributed by atoms with Crippen molar-refractivity contribution in [3.05, 3.63) is 82.8 Å². The summed E-state index contributed by atoms with van der Waals surface area (Å²) in [6.45, 7) is 4.26. The summed E-state index contributed by atoms with van der Waals surface area (Å²) < 4.78 is 50.7. The predicted molar refractivity (Wildman–Crippen MR) is 125 cm³/mol. The van der Waals surface area contributed by atoms with Crippen LogP contribution in [0.1, 0.15) is 35.0 Å². The fraction of sp³-hybridized carbons (Fsp3) is 0.222. The molecule has 1 saturated heterocycles. The molecule has 0 aliphatic carbocycles. The highest BCUT2D eigenvalue weighted by atomic mass is 19.2. The number of aryl methyl sites for hydroxylation is 1. The van der Waals surface area contributed by atoms with Crippen LogP contribution in [-0.2, 0) is 10.2 Å². The van der Waals surface area contributed by atoms with Gasteiger partial charge in [-0.1, -0.05) is 19.1 Å². The van der Waals surface area contributed by atoms with Gasteiger partial charge in [0.25, 0.3) is 0 Å². The lowest BCUT2D eigenvalue weighted by Crippen LogP contribution is -2.47. The first-order chi connectivity index (χ1) is 16.7. The first-order valence-corrected chi connectivity index (χ1v) is 11.1. The second-order valence-corrected chi connectivity index (χ2v) is 8.92. The molecule has 35 heavy (non-hydrogen) atoms. The molecule has 180 valence electrons. The maximum atomic E-state index is 14.7. The van der Waals surface area contributed by atoms with Gasteiger partial charge in [0.15, 0.2) is 11.6 Å². The molecule has 0 spiro atoms. The van der Waals surface area contributed by atoms with E-state index < -0.39 is 34.6 Å². The number of aromatic carboxylic acids is 1. The lowest BCUT2D eigenvalue weighted by atomic mass is 9.76. The Hall–Kier alpha value is -3.78. The van der Waals surface area contributed by atoms with Gasteiger partial charge in [-0.15, -0.1) is 0 Å². The minimum absolute atomic E-state index is 0.0619. The van der Waals surface area contributed by atoms with Crippen LogP contribution in [0.4, 0.5) is 13.2 Å². The Balaban J connectivity index is 1.97. The molecule has 3 aromatic carbocycles. The van der Waals surface area contributed by atoms with Gasteiger partial charge >= 0.3 is 5.97 Å². The zero-order chi connectivity index (χ0) is 25.1. The monoisotopic (exact) mass is 481 g/mol. The molecule has 0 saturated carbocycles. The minimum atomic E-state index is -1.38. The molecule has 1 fully saturated rings. The molecule has 1 aliphatic heterocycles. The quantitative estimate of drug-likeness (QED) is 0.361. The molecule has 1 aromatic heterocycles.